The molecule has 0 spiro atoms. The predicted molar refractivity (Wildman–Crippen MR) is 77.7 cm³/mol. The number of aryl methyl sites for hydroxylation is 2. The molecule has 1 aliphatic heterocycles. The monoisotopic (exact) mass is 252 g/mol. The number of fused-ring (bicyclic) bond motifs is 1. The van der Waals surface area contributed by atoms with Crippen LogP contribution in [-0.4, -0.2) is 12.6 Å². The highest BCUT2D eigenvalue weighted by Crippen LogP contribution is 2.30. The number of nitrogens with zero attached hydrogens (tertiary/aromatic N) is 1. The van der Waals surface area contributed by atoms with Gasteiger partial charge in [0.15, 0.2) is 0 Å². The molecule has 0 fully saturated rings. The minimum atomic E-state index is 0.0618. The van der Waals surface area contributed by atoms with Crippen LogP contribution < -0.4 is 10.2 Å². The van der Waals surface area contributed by atoms with Gasteiger partial charge in [-0.2, -0.15) is 0 Å². The molecule has 1 aliphatic rings. The first kappa shape index (κ1) is 11.8. The highest BCUT2D eigenvalue weighted by atomic mass is 16.2. The summed E-state index contributed by atoms with van der Waals surface area (Å²) in [5.41, 5.74) is 4.89. The molecule has 0 atom stereocenters. The Morgan fingerprint density at radius 1 is 1.00 bits per heavy atom. The molecular formula is C16H16N2O. The summed E-state index contributed by atoms with van der Waals surface area (Å²) >= 11 is 0. The topological polar surface area (TPSA) is 32.3 Å². The van der Waals surface area contributed by atoms with Gasteiger partial charge in [-0.05, 0) is 37.1 Å². The Morgan fingerprint density at radius 2 is 1.68 bits per heavy atom. The van der Waals surface area contributed by atoms with E-state index in [1.807, 2.05) is 61.2 Å². The molecule has 0 radical (unpaired) electrons. The van der Waals surface area contributed by atoms with E-state index in [4.69, 9.17) is 0 Å². The minimum Gasteiger partial charge on any atom is -0.367 e. The summed E-state index contributed by atoms with van der Waals surface area (Å²) < 4.78 is 0. The van der Waals surface area contributed by atoms with E-state index in [2.05, 4.69) is 5.32 Å². The van der Waals surface area contributed by atoms with Gasteiger partial charge >= 0.3 is 0 Å². The Hall–Kier alpha value is -2.29. The maximum Gasteiger partial charge on any atom is 0.261 e. The fraction of sp³-hybridized carbons (Fsp3) is 0.188. The Labute approximate surface area is 112 Å². The molecule has 0 saturated carbocycles. The van der Waals surface area contributed by atoms with Gasteiger partial charge in [-0.3, -0.25) is 9.69 Å². The number of rotatable bonds is 1. The maximum absolute atomic E-state index is 12.6. The average molecular weight is 252 g/mol. The second kappa shape index (κ2) is 4.43. The summed E-state index contributed by atoms with van der Waals surface area (Å²) in [7, 11) is 0. The summed E-state index contributed by atoms with van der Waals surface area (Å²) in [5.74, 6) is 0.0618. The van der Waals surface area contributed by atoms with E-state index >= 15 is 0 Å². The number of amides is 1. The minimum absolute atomic E-state index is 0.0618. The summed E-state index contributed by atoms with van der Waals surface area (Å²) in [6.07, 6.45) is 0. The quantitative estimate of drug-likeness (QED) is 0.844. The molecule has 3 nitrogen and oxygen atoms in total. The van der Waals surface area contributed by atoms with Crippen LogP contribution in [-0.2, 0) is 0 Å². The molecule has 3 rings (SSSR count). The van der Waals surface area contributed by atoms with Crippen molar-refractivity contribution in [3.8, 4) is 0 Å². The van der Waals surface area contributed by atoms with Crippen LogP contribution in [0.25, 0.3) is 0 Å². The van der Waals surface area contributed by atoms with Crippen molar-refractivity contribution in [2.45, 2.75) is 13.8 Å². The molecule has 2 aromatic rings. The van der Waals surface area contributed by atoms with Gasteiger partial charge < -0.3 is 5.32 Å². The van der Waals surface area contributed by atoms with Crippen molar-refractivity contribution >= 4 is 17.3 Å². The third kappa shape index (κ3) is 1.87. The lowest BCUT2D eigenvalue weighted by Crippen LogP contribution is -2.40. The lowest BCUT2D eigenvalue weighted by molar-refractivity contribution is 0.0985. The number of carbonyl (C=O) groups is 1. The molecule has 2 aromatic carbocycles. The SMILES string of the molecule is Cc1cccc(C)c1N1CNc2ccccc2C1=O. The first-order valence-corrected chi connectivity index (χ1v) is 6.39. The summed E-state index contributed by atoms with van der Waals surface area (Å²) in [5, 5.41) is 3.30. The Morgan fingerprint density at radius 3 is 2.42 bits per heavy atom. The van der Waals surface area contributed by atoms with Crippen molar-refractivity contribution in [1.82, 2.24) is 0 Å². The smallest absolute Gasteiger partial charge is 0.261 e. The average Bonchev–Trinajstić information content (AvgIpc) is 2.41. The van der Waals surface area contributed by atoms with Crippen LogP contribution >= 0.6 is 0 Å². The molecule has 96 valence electrons. The van der Waals surface area contributed by atoms with E-state index in [0.29, 0.717) is 6.67 Å². The van der Waals surface area contributed by atoms with Crippen molar-refractivity contribution in [3.05, 3.63) is 59.2 Å². The third-order valence-electron chi connectivity index (χ3n) is 3.54. The fourth-order valence-electron chi connectivity index (χ4n) is 2.62. The lowest BCUT2D eigenvalue weighted by Gasteiger charge is -2.31. The molecule has 0 unspecified atom stereocenters. The number of nitrogens with one attached hydrogen (secondary N) is 1. The van der Waals surface area contributed by atoms with Crippen molar-refractivity contribution < 1.29 is 4.79 Å². The number of hydrogen-bond acceptors (Lipinski definition) is 2. The molecule has 19 heavy (non-hydrogen) atoms. The van der Waals surface area contributed by atoms with Gasteiger partial charge in [0.1, 0.15) is 0 Å². The predicted octanol–water partition coefficient (Wildman–Crippen LogP) is 3.33. The highest BCUT2D eigenvalue weighted by Gasteiger charge is 2.26. The van der Waals surface area contributed by atoms with Gasteiger partial charge in [0.2, 0.25) is 0 Å². The van der Waals surface area contributed by atoms with E-state index in [9.17, 15) is 4.79 Å². The zero-order valence-electron chi connectivity index (χ0n) is 11.1. The van der Waals surface area contributed by atoms with Crippen LogP contribution in [0.2, 0.25) is 0 Å². The van der Waals surface area contributed by atoms with E-state index in [1.54, 1.807) is 0 Å². The van der Waals surface area contributed by atoms with Crippen molar-refractivity contribution in [3.63, 3.8) is 0 Å². The number of carbonyl (C=O) groups excluding carboxylic acids is 1. The summed E-state index contributed by atoms with van der Waals surface area (Å²) in [4.78, 5) is 14.4. The van der Waals surface area contributed by atoms with Crippen molar-refractivity contribution in [2.75, 3.05) is 16.9 Å². The Balaban J connectivity index is 2.08. The molecule has 0 saturated heterocycles. The third-order valence-corrected chi connectivity index (χ3v) is 3.54. The number of hydrogen-bond donors (Lipinski definition) is 1. The molecule has 0 aliphatic carbocycles. The van der Waals surface area contributed by atoms with E-state index in [1.165, 1.54) is 0 Å². The van der Waals surface area contributed by atoms with E-state index < -0.39 is 0 Å². The lowest BCUT2D eigenvalue weighted by atomic mass is 10.0. The van der Waals surface area contributed by atoms with E-state index in [0.717, 1.165) is 28.1 Å². The van der Waals surface area contributed by atoms with Crippen LogP contribution in [0.1, 0.15) is 21.5 Å². The fourth-order valence-corrected chi connectivity index (χ4v) is 2.62. The number of anilines is 2. The normalized spacial score (nSPS) is 14.0. The summed E-state index contributed by atoms with van der Waals surface area (Å²) in [6.45, 7) is 4.59. The van der Waals surface area contributed by atoms with Gasteiger partial charge in [0.05, 0.1) is 17.9 Å². The first-order chi connectivity index (χ1) is 9.18. The van der Waals surface area contributed by atoms with Gasteiger partial charge in [-0.15, -0.1) is 0 Å². The van der Waals surface area contributed by atoms with Gasteiger partial charge in [-0.25, -0.2) is 0 Å². The van der Waals surface area contributed by atoms with Crippen LogP contribution in [0, 0.1) is 13.8 Å². The van der Waals surface area contributed by atoms with Crippen LogP contribution in [0.3, 0.4) is 0 Å². The molecule has 1 amide bonds. The van der Waals surface area contributed by atoms with Crippen LogP contribution in [0.15, 0.2) is 42.5 Å². The van der Waals surface area contributed by atoms with Crippen LogP contribution in [0.5, 0.6) is 0 Å². The van der Waals surface area contributed by atoms with Gasteiger partial charge in [-0.1, -0.05) is 30.3 Å². The van der Waals surface area contributed by atoms with Crippen LogP contribution in [0.4, 0.5) is 11.4 Å². The summed E-state index contributed by atoms with van der Waals surface area (Å²) in [6, 6.07) is 13.7. The Bertz CT molecular complexity index is 629. The second-order valence-corrected chi connectivity index (χ2v) is 4.85. The zero-order valence-corrected chi connectivity index (χ0v) is 11.1. The van der Waals surface area contributed by atoms with Crippen molar-refractivity contribution in [2.24, 2.45) is 0 Å². The standard InChI is InChI=1S/C16H16N2O/c1-11-6-5-7-12(2)15(11)18-10-17-14-9-4-3-8-13(14)16(18)19/h3-9,17H,10H2,1-2H3. The molecule has 3 heteroatoms. The van der Waals surface area contributed by atoms with Crippen molar-refractivity contribution in [1.29, 1.82) is 0 Å². The molecule has 1 N–H and O–H groups in total. The second-order valence-electron chi connectivity index (χ2n) is 4.85. The number of benzene rings is 2. The molecule has 0 bridgehead atoms. The van der Waals surface area contributed by atoms with Gasteiger partial charge in [0.25, 0.3) is 5.91 Å². The first-order valence-electron chi connectivity index (χ1n) is 6.39. The number of para-hydroxylation sites is 2. The van der Waals surface area contributed by atoms with Gasteiger partial charge in [0, 0.05) is 5.69 Å². The molecular weight excluding hydrogens is 236 g/mol. The maximum atomic E-state index is 12.6. The zero-order chi connectivity index (χ0) is 13.4. The Kier molecular flexibility index (Phi) is 2.75. The highest BCUT2D eigenvalue weighted by molar-refractivity contribution is 6.12. The van der Waals surface area contributed by atoms with E-state index in [-0.39, 0.29) is 5.91 Å². The largest absolute Gasteiger partial charge is 0.367 e. The molecule has 1 heterocycles. The molecule has 0 aromatic heterocycles.